The number of hydrogen-bond donors (Lipinski definition) is 0. The average Bonchev–Trinajstić information content (AvgIpc) is 2.65. The Labute approximate surface area is 130 Å². The summed E-state index contributed by atoms with van der Waals surface area (Å²) in [7, 11) is 0. The first-order valence-electron chi connectivity index (χ1n) is 7.82. The lowest BCUT2D eigenvalue weighted by Crippen LogP contribution is -2.76. The van der Waals surface area contributed by atoms with Crippen molar-refractivity contribution in [2.24, 2.45) is 17.3 Å². The number of carbonyl (C=O) groups is 2. The second-order valence-electron chi connectivity index (χ2n) is 7.53. The highest BCUT2D eigenvalue weighted by Gasteiger charge is 2.78. The molecule has 4 atom stereocenters. The molecule has 3 saturated carbocycles. The van der Waals surface area contributed by atoms with Crippen LogP contribution in [0.3, 0.4) is 0 Å². The van der Waals surface area contributed by atoms with Gasteiger partial charge < -0.3 is 9.47 Å². The van der Waals surface area contributed by atoms with E-state index in [0.29, 0.717) is 12.8 Å². The standard InChI is InChI=1S/C16H23ClO4/c1-4-20-13(19)21-16-9-14(2,3)8-10(18)12(16)15(17)7-5-6-11(15)16/h11-12H,4-9H2,1-3H3. The van der Waals surface area contributed by atoms with Gasteiger partial charge in [0.25, 0.3) is 0 Å². The van der Waals surface area contributed by atoms with Crippen molar-refractivity contribution < 1.29 is 19.1 Å². The summed E-state index contributed by atoms with van der Waals surface area (Å²) in [5.74, 6) is -0.148. The molecular weight excluding hydrogens is 292 g/mol. The van der Waals surface area contributed by atoms with Crippen LogP contribution in [0.5, 0.6) is 0 Å². The Bertz CT molecular complexity index is 489. The third-order valence-corrected chi connectivity index (χ3v) is 6.13. The molecule has 0 spiro atoms. The van der Waals surface area contributed by atoms with Crippen molar-refractivity contribution in [2.45, 2.75) is 63.4 Å². The molecule has 21 heavy (non-hydrogen) atoms. The van der Waals surface area contributed by atoms with Crippen LogP contribution < -0.4 is 0 Å². The Morgan fingerprint density at radius 2 is 2.14 bits per heavy atom. The summed E-state index contributed by atoms with van der Waals surface area (Å²) in [6.45, 7) is 6.13. The van der Waals surface area contributed by atoms with E-state index in [1.165, 1.54) is 0 Å². The zero-order chi connectivity index (χ0) is 15.5. The van der Waals surface area contributed by atoms with Crippen LogP contribution in [0.1, 0.15) is 52.9 Å². The molecule has 0 aromatic rings. The lowest BCUT2D eigenvalue weighted by Gasteiger charge is -2.65. The normalized spacial score (nSPS) is 43.5. The van der Waals surface area contributed by atoms with Gasteiger partial charge in [0, 0.05) is 12.3 Å². The minimum Gasteiger partial charge on any atom is -0.435 e. The Morgan fingerprint density at radius 3 is 2.81 bits per heavy atom. The van der Waals surface area contributed by atoms with Gasteiger partial charge in [-0.15, -0.1) is 11.6 Å². The first-order valence-corrected chi connectivity index (χ1v) is 8.20. The number of ether oxygens (including phenoxy) is 2. The van der Waals surface area contributed by atoms with Crippen LogP contribution in [0.4, 0.5) is 4.79 Å². The van der Waals surface area contributed by atoms with Gasteiger partial charge >= 0.3 is 6.16 Å². The molecule has 118 valence electrons. The van der Waals surface area contributed by atoms with Gasteiger partial charge in [0.1, 0.15) is 11.4 Å². The van der Waals surface area contributed by atoms with E-state index in [-0.39, 0.29) is 29.6 Å². The van der Waals surface area contributed by atoms with Crippen LogP contribution in [-0.2, 0) is 14.3 Å². The van der Waals surface area contributed by atoms with Crippen molar-refractivity contribution in [2.75, 3.05) is 6.61 Å². The van der Waals surface area contributed by atoms with Gasteiger partial charge in [0.05, 0.1) is 17.4 Å². The summed E-state index contributed by atoms with van der Waals surface area (Å²) in [6.07, 6.45) is 3.28. The van der Waals surface area contributed by atoms with Crippen molar-refractivity contribution in [1.29, 1.82) is 0 Å². The number of rotatable bonds is 2. The van der Waals surface area contributed by atoms with E-state index in [0.717, 1.165) is 19.3 Å². The molecule has 3 fully saturated rings. The molecule has 4 unspecified atom stereocenters. The molecular formula is C16H23ClO4. The Balaban J connectivity index is 1.95. The summed E-state index contributed by atoms with van der Waals surface area (Å²) in [6, 6.07) is 0. The van der Waals surface area contributed by atoms with Gasteiger partial charge in [0.15, 0.2) is 0 Å². The Kier molecular flexibility index (Phi) is 3.32. The topological polar surface area (TPSA) is 52.6 Å². The van der Waals surface area contributed by atoms with Gasteiger partial charge in [-0.05, 0) is 31.6 Å². The fraction of sp³-hybridized carbons (Fsp3) is 0.875. The number of hydrogen-bond acceptors (Lipinski definition) is 4. The molecule has 3 aliphatic rings. The minimum atomic E-state index is -0.747. The maximum absolute atomic E-state index is 12.6. The molecule has 0 aromatic carbocycles. The molecule has 0 N–H and O–H groups in total. The van der Waals surface area contributed by atoms with Crippen molar-refractivity contribution >= 4 is 23.5 Å². The van der Waals surface area contributed by atoms with Crippen LogP contribution in [0, 0.1) is 17.3 Å². The zero-order valence-corrected chi connectivity index (χ0v) is 13.7. The van der Waals surface area contributed by atoms with Crippen molar-refractivity contribution in [3.63, 3.8) is 0 Å². The molecule has 0 amide bonds. The van der Waals surface area contributed by atoms with Gasteiger partial charge in [-0.2, -0.15) is 0 Å². The van der Waals surface area contributed by atoms with Crippen LogP contribution in [0.25, 0.3) is 0 Å². The van der Waals surface area contributed by atoms with E-state index >= 15 is 0 Å². The lowest BCUT2D eigenvalue weighted by molar-refractivity contribution is -0.215. The Morgan fingerprint density at radius 1 is 1.43 bits per heavy atom. The van der Waals surface area contributed by atoms with Crippen LogP contribution in [0.2, 0.25) is 0 Å². The third-order valence-electron chi connectivity index (χ3n) is 5.46. The minimum absolute atomic E-state index is 0.0737. The van der Waals surface area contributed by atoms with Crippen molar-refractivity contribution in [1.82, 2.24) is 0 Å². The van der Waals surface area contributed by atoms with Crippen molar-refractivity contribution in [3.8, 4) is 0 Å². The van der Waals surface area contributed by atoms with E-state index in [9.17, 15) is 9.59 Å². The van der Waals surface area contributed by atoms with Crippen LogP contribution in [-0.4, -0.2) is 29.0 Å². The zero-order valence-electron chi connectivity index (χ0n) is 12.9. The van der Waals surface area contributed by atoms with E-state index in [1.807, 2.05) is 0 Å². The maximum atomic E-state index is 12.6. The van der Waals surface area contributed by atoms with Crippen molar-refractivity contribution in [3.05, 3.63) is 0 Å². The summed E-state index contributed by atoms with van der Waals surface area (Å²) in [4.78, 5) is 24.1. The molecule has 0 radical (unpaired) electrons. The van der Waals surface area contributed by atoms with E-state index < -0.39 is 16.6 Å². The Hall–Kier alpha value is -0.770. The molecule has 0 aromatic heterocycles. The molecule has 0 aliphatic heterocycles. The molecule has 3 rings (SSSR count). The largest absolute Gasteiger partial charge is 0.508 e. The molecule has 0 bridgehead atoms. The number of ketones is 1. The van der Waals surface area contributed by atoms with Gasteiger partial charge in [0.2, 0.25) is 0 Å². The number of Topliss-reactive ketones (excluding diaryl/α,β-unsaturated/α-hetero) is 1. The van der Waals surface area contributed by atoms with Gasteiger partial charge in [-0.25, -0.2) is 4.79 Å². The van der Waals surface area contributed by atoms with Gasteiger partial charge in [-0.1, -0.05) is 20.3 Å². The molecule has 4 nitrogen and oxygen atoms in total. The number of carbonyl (C=O) groups excluding carboxylic acids is 2. The predicted octanol–water partition coefficient (Wildman–Crippen LogP) is 3.69. The summed E-state index contributed by atoms with van der Waals surface area (Å²) < 4.78 is 10.7. The molecule has 0 heterocycles. The number of alkyl halides is 1. The molecule has 5 heteroatoms. The number of fused-ring (bicyclic) bond motifs is 4. The highest BCUT2D eigenvalue weighted by molar-refractivity contribution is 6.27. The lowest BCUT2D eigenvalue weighted by atomic mass is 9.45. The fourth-order valence-electron chi connectivity index (χ4n) is 5.12. The predicted molar refractivity (Wildman–Crippen MR) is 78.3 cm³/mol. The van der Waals surface area contributed by atoms with E-state index in [2.05, 4.69) is 13.8 Å². The highest BCUT2D eigenvalue weighted by atomic mass is 35.5. The van der Waals surface area contributed by atoms with E-state index in [1.54, 1.807) is 6.92 Å². The third kappa shape index (κ3) is 2.01. The summed E-state index contributed by atoms with van der Waals surface area (Å²) in [5.41, 5.74) is -0.912. The second-order valence-corrected chi connectivity index (χ2v) is 8.23. The second kappa shape index (κ2) is 4.61. The molecule has 0 saturated heterocycles. The first kappa shape index (κ1) is 15.1. The number of halogens is 1. The SMILES string of the molecule is CCOC(=O)OC12CC(C)(C)CC(=O)C1C1(Cl)CCCC12. The van der Waals surface area contributed by atoms with Gasteiger partial charge in [-0.3, -0.25) is 4.79 Å². The quantitative estimate of drug-likeness (QED) is 0.576. The highest BCUT2D eigenvalue weighted by Crippen LogP contribution is 2.70. The summed E-state index contributed by atoms with van der Waals surface area (Å²) >= 11 is 6.76. The fourth-order valence-corrected chi connectivity index (χ4v) is 5.85. The van der Waals surface area contributed by atoms with Crippen LogP contribution >= 0.6 is 11.6 Å². The average molecular weight is 315 g/mol. The van der Waals surface area contributed by atoms with E-state index in [4.69, 9.17) is 21.1 Å². The van der Waals surface area contributed by atoms with Crippen LogP contribution in [0.15, 0.2) is 0 Å². The molecule has 3 aliphatic carbocycles. The maximum Gasteiger partial charge on any atom is 0.508 e. The monoisotopic (exact) mass is 314 g/mol. The summed E-state index contributed by atoms with van der Waals surface area (Å²) in [5, 5.41) is 0. The smallest absolute Gasteiger partial charge is 0.435 e. The first-order chi connectivity index (χ1) is 9.75.